The molecule has 1 fully saturated rings. The SMILES string of the molecule is C=C(OCC)c1ccc2c(C(=O)NC3CCC(c4n[nH]c(=O)c5ccccc45)CC3)cnn2c1. The fourth-order valence-electron chi connectivity index (χ4n) is 4.80. The lowest BCUT2D eigenvalue weighted by Crippen LogP contribution is -2.37. The van der Waals surface area contributed by atoms with Gasteiger partial charge in [0.25, 0.3) is 11.5 Å². The molecule has 2 N–H and O–H groups in total. The lowest BCUT2D eigenvalue weighted by Gasteiger charge is -2.29. The Balaban J connectivity index is 1.26. The van der Waals surface area contributed by atoms with Crippen LogP contribution in [0, 0.1) is 0 Å². The van der Waals surface area contributed by atoms with Gasteiger partial charge in [0.15, 0.2) is 0 Å². The average molecular weight is 458 g/mol. The number of carbonyl (C=O) groups excluding carboxylic acids is 1. The van der Waals surface area contributed by atoms with Crippen LogP contribution in [0.3, 0.4) is 0 Å². The zero-order valence-corrected chi connectivity index (χ0v) is 19.1. The van der Waals surface area contributed by atoms with Gasteiger partial charge in [-0.1, -0.05) is 24.8 Å². The number of nitrogens with one attached hydrogen (secondary N) is 2. The molecule has 1 amide bonds. The van der Waals surface area contributed by atoms with Crippen LogP contribution in [0.1, 0.15) is 60.1 Å². The third-order valence-corrected chi connectivity index (χ3v) is 6.58. The maximum Gasteiger partial charge on any atom is 0.272 e. The molecule has 0 atom stereocenters. The van der Waals surface area contributed by atoms with Crippen LogP contribution < -0.4 is 10.9 Å². The zero-order chi connectivity index (χ0) is 23.7. The number of rotatable bonds is 6. The van der Waals surface area contributed by atoms with Crippen molar-refractivity contribution in [1.82, 2.24) is 25.1 Å². The van der Waals surface area contributed by atoms with Crippen LogP contribution >= 0.6 is 0 Å². The van der Waals surface area contributed by atoms with Gasteiger partial charge in [0.05, 0.1) is 35.0 Å². The number of carbonyl (C=O) groups is 1. The molecule has 1 aliphatic rings. The topological polar surface area (TPSA) is 101 Å². The standard InChI is InChI=1S/C26H27N5O3/c1-3-34-16(2)18-10-13-23-22(14-27-31(23)15-18)25(32)28-19-11-8-17(9-12-19)24-20-6-4-5-7-21(20)26(33)30-29-24/h4-7,10,13-15,17,19H,2-3,8-9,11-12H2,1H3,(H,28,32)(H,30,33). The highest BCUT2D eigenvalue weighted by molar-refractivity contribution is 6.00. The fraction of sp³-hybridized carbons (Fsp3) is 0.308. The van der Waals surface area contributed by atoms with Gasteiger partial charge in [0, 0.05) is 29.1 Å². The Labute approximate surface area is 196 Å². The van der Waals surface area contributed by atoms with Crippen molar-refractivity contribution in [3.05, 3.63) is 82.5 Å². The predicted molar refractivity (Wildman–Crippen MR) is 131 cm³/mol. The molecule has 0 radical (unpaired) electrons. The number of aromatic nitrogens is 4. The molecule has 5 rings (SSSR count). The van der Waals surface area contributed by atoms with Crippen molar-refractivity contribution in [2.45, 2.75) is 44.6 Å². The molecular weight excluding hydrogens is 430 g/mol. The maximum absolute atomic E-state index is 13.0. The number of benzene rings is 1. The van der Waals surface area contributed by atoms with Crippen molar-refractivity contribution in [2.75, 3.05) is 6.61 Å². The lowest BCUT2D eigenvalue weighted by molar-refractivity contribution is 0.0927. The minimum absolute atomic E-state index is 0.0877. The molecule has 34 heavy (non-hydrogen) atoms. The number of aromatic amines is 1. The van der Waals surface area contributed by atoms with Crippen LogP contribution in [0.2, 0.25) is 0 Å². The van der Waals surface area contributed by atoms with Crippen molar-refractivity contribution in [2.24, 2.45) is 0 Å². The number of fused-ring (bicyclic) bond motifs is 2. The molecule has 0 spiro atoms. The summed E-state index contributed by atoms with van der Waals surface area (Å²) in [6, 6.07) is 11.4. The summed E-state index contributed by atoms with van der Waals surface area (Å²) >= 11 is 0. The first-order valence-corrected chi connectivity index (χ1v) is 11.6. The van der Waals surface area contributed by atoms with Crippen molar-refractivity contribution in [3.8, 4) is 0 Å². The van der Waals surface area contributed by atoms with Gasteiger partial charge < -0.3 is 10.1 Å². The Kier molecular flexibility index (Phi) is 5.88. The van der Waals surface area contributed by atoms with Gasteiger partial charge >= 0.3 is 0 Å². The molecular formula is C26H27N5O3. The zero-order valence-electron chi connectivity index (χ0n) is 19.1. The number of hydrogen-bond donors (Lipinski definition) is 2. The lowest BCUT2D eigenvalue weighted by atomic mass is 9.82. The molecule has 8 nitrogen and oxygen atoms in total. The van der Waals surface area contributed by atoms with Gasteiger partial charge in [-0.15, -0.1) is 0 Å². The van der Waals surface area contributed by atoms with Gasteiger partial charge in [-0.2, -0.15) is 10.2 Å². The van der Waals surface area contributed by atoms with Crippen LogP contribution in [0.4, 0.5) is 0 Å². The highest BCUT2D eigenvalue weighted by Gasteiger charge is 2.27. The minimum atomic E-state index is -0.164. The molecule has 1 saturated carbocycles. The Morgan fingerprint density at radius 2 is 1.94 bits per heavy atom. The first kappa shape index (κ1) is 21.9. The largest absolute Gasteiger partial charge is 0.494 e. The fourth-order valence-corrected chi connectivity index (χ4v) is 4.80. The van der Waals surface area contributed by atoms with E-state index in [4.69, 9.17) is 4.74 Å². The van der Waals surface area contributed by atoms with Gasteiger partial charge in [-0.05, 0) is 50.8 Å². The summed E-state index contributed by atoms with van der Waals surface area (Å²) in [6.07, 6.45) is 6.90. The molecule has 4 aromatic rings. The molecule has 0 bridgehead atoms. The van der Waals surface area contributed by atoms with E-state index >= 15 is 0 Å². The second-order valence-electron chi connectivity index (χ2n) is 8.67. The van der Waals surface area contributed by atoms with E-state index in [1.54, 1.807) is 10.7 Å². The summed E-state index contributed by atoms with van der Waals surface area (Å²) < 4.78 is 7.14. The predicted octanol–water partition coefficient (Wildman–Crippen LogP) is 4.03. The number of ether oxygens (including phenoxy) is 1. The highest BCUT2D eigenvalue weighted by Crippen LogP contribution is 2.34. The van der Waals surface area contributed by atoms with E-state index < -0.39 is 0 Å². The molecule has 174 valence electrons. The quantitative estimate of drug-likeness (QED) is 0.426. The minimum Gasteiger partial charge on any atom is -0.494 e. The summed E-state index contributed by atoms with van der Waals surface area (Å²) in [4.78, 5) is 25.1. The third kappa shape index (κ3) is 4.07. The van der Waals surface area contributed by atoms with Gasteiger partial charge in [0.2, 0.25) is 0 Å². The molecule has 0 saturated heterocycles. The van der Waals surface area contributed by atoms with Crippen LogP contribution in [0.5, 0.6) is 0 Å². The second-order valence-corrected chi connectivity index (χ2v) is 8.67. The molecule has 3 aromatic heterocycles. The Morgan fingerprint density at radius 1 is 1.18 bits per heavy atom. The average Bonchev–Trinajstić information content (AvgIpc) is 3.29. The van der Waals surface area contributed by atoms with Crippen LogP contribution in [0.25, 0.3) is 22.0 Å². The normalized spacial score (nSPS) is 18.1. The van der Waals surface area contributed by atoms with Crippen molar-refractivity contribution in [1.29, 1.82) is 0 Å². The van der Waals surface area contributed by atoms with E-state index in [9.17, 15) is 9.59 Å². The summed E-state index contributed by atoms with van der Waals surface area (Å²) in [5, 5.41) is 16.1. The maximum atomic E-state index is 13.0. The van der Waals surface area contributed by atoms with Gasteiger partial charge in [0.1, 0.15) is 5.76 Å². The van der Waals surface area contributed by atoms with Crippen LogP contribution in [0.15, 0.2) is 60.2 Å². The van der Waals surface area contributed by atoms with E-state index in [2.05, 4.69) is 27.2 Å². The van der Waals surface area contributed by atoms with Crippen LogP contribution in [-0.2, 0) is 4.74 Å². The van der Waals surface area contributed by atoms with Crippen LogP contribution in [-0.4, -0.2) is 38.4 Å². The number of amides is 1. The summed E-state index contributed by atoms with van der Waals surface area (Å²) in [5.41, 5.74) is 2.88. The van der Waals surface area contributed by atoms with Crippen molar-refractivity contribution >= 4 is 28.0 Å². The van der Waals surface area contributed by atoms with E-state index in [0.29, 0.717) is 23.3 Å². The Morgan fingerprint density at radius 3 is 2.71 bits per heavy atom. The van der Waals surface area contributed by atoms with E-state index in [0.717, 1.165) is 47.8 Å². The smallest absolute Gasteiger partial charge is 0.272 e. The second kappa shape index (κ2) is 9.13. The Hall–Kier alpha value is -3.94. The molecule has 0 unspecified atom stereocenters. The van der Waals surface area contributed by atoms with Crippen molar-refractivity contribution < 1.29 is 9.53 Å². The molecule has 0 aliphatic heterocycles. The third-order valence-electron chi connectivity index (χ3n) is 6.58. The van der Waals surface area contributed by atoms with E-state index in [1.807, 2.05) is 49.5 Å². The monoisotopic (exact) mass is 457 g/mol. The number of H-pyrrole nitrogens is 1. The molecule has 1 aromatic carbocycles. The highest BCUT2D eigenvalue weighted by atomic mass is 16.5. The number of pyridine rings is 1. The summed E-state index contributed by atoms with van der Waals surface area (Å²) in [6.45, 7) is 6.38. The molecule has 3 heterocycles. The number of nitrogens with zero attached hydrogens (tertiary/aromatic N) is 3. The summed E-state index contributed by atoms with van der Waals surface area (Å²) in [5.74, 6) is 0.707. The first-order chi connectivity index (χ1) is 16.5. The van der Waals surface area contributed by atoms with Crippen molar-refractivity contribution in [3.63, 3.8) is 0 Å². The van der Waals surface area contributed by atoms with Gasteiger partial charge in [-0.3, -0.25) is 9.59 Å². The summed E-state index contributed by atoms with van der Waals surface area (Å²) in [7, 11) is 0. The first-order valence-electron chi connectivity index (χ1n) is 11.6. The van der Waals surface area contributed by atoms with E-state index in [1.165, 1.54) is 0 Å². The molecule has 1 aliphatic carbocycles. The van der Waals surface area contributed by atoms with E-state index in [-0.39, 0.29) is 23.4 Å². The van der Waals surface area contributed by atoms with Gasteiger partial charge in [-0.25, -0.2) is 9.61 Å². The molecule has 8 heteroatoms. The number of hydrogen-bond acceptors (Lipinski definition) is 5. The Bertz CT molecular complexity index is 1430.